The number of aromatic nitrogens is 2. The van der Waals surface area contributed by atoms with Crippen molar-refractivity contribution in [3.63, 3.8) is 0 Å². The number of amides is 2. The van der Waals surface area contributed by atoms with Crippen molar-refractivity contribution in [1.29, 1.82) is 0 Å². The highest BCUT2D eigenvalue weighted by Gasteiger charge is 2.33. The Balaban J connectivity index is 1.51. The van der Waals surface area contributed by atoms with Crippen LogP contribution in [0.1, 0.15) is 25.1 Å². The van der Waals surface area contributed by atoms with E-state index in [0.29, 0.717) is 32.7 Å². The highest BCUT2D eigenvalue weighted by atomic mass is 16.5. The van der Waals surface area contributed by atoms with Crippen molar-refractivity contribution in [3.8, 4) is 0 Å². The van der Waals surface area contributed by atoms with Crippen LogP contribution in [0.5, 0.6) is 0 Å². The zero-order valence-electron chi connectivity index (χ0n) is 13.9. The van der Waals surface area contributed by atoms with Crippen molar-refractivity contribution in [3.05, 3.63) is 18.2 Å². The van der Waals surface area contributed by atoms with Gasteiger partial charge in [-0.1, -0.05) is 0 Å². The minimum absolute atomic E-state index is 0.0272. The number of fused-ring (bicyclic) bond motifs is 1. The van der Waals surface area contributed by atoms with Crippen LogP contribution < -0.4 is 0 Å². The average molecular weight is 332 g/mol. The van der Waals surface area contributed by atoms with E-state index in [1.807, 2.05) is 16.0 Å². The third-order valence-electron chi connectivity index (χ3n) is 5.31. The van der Waals surface area contributed by atoms with Gasteiger partial charge in [0.05, 0.1) is 19.1 Å². The molecule has 3 aliphatic rings. The molecule has 0 unspecified atom stereocenters. The Morgan fingerprint density at radius 1 is 1.38 bits per heavy atom. The van der Waals surface area contributed by atoms with Gasteiger partial charge in [0, 0.05) is 57.5 Å². The largest absolute Gasteiger partial charge is 0.381 e. The van der Waals surface area contributed by atoms with Crippen LogP contribution >= 0.6 is 0 Å². The summed E-state index contributed by atoms with van der Waals surface area (Å²) in [6, 6.07) is 0. The molecule has 2 amide bonds. The summed E-state index contributed by atoms with van der Waals surface area (Å²) < 4.78 is 7.51. The first-order chi connectivity index (χ1) is 11.7. The minimum atomic E-state index is -0.0272. The zero-order chi connectivity index (χ0) is 16.5. The molecule has 0 saturated carbocycles. The monoisotopic (exact) mass is 332 g/mol. The van der Waals surface area contributed by atoms with E-state index in [0.717, 1.165) is 38.3 Å². The van der Waals surface area contributed by atoms with Crippen molar-refractivity contribution in [2.24, 2.45) is 11.8 Å². The van der Waals surface area contributed by atoms with Gasteiger partial charge in [0.25, 0.3) is 0 Å². The fraction of sp³-hybridized carbons (Fsp3) is 0.706. The quantitative estimate of drug-likeness (QED) is 0.808. The highest BCUT2D eigenvalue weighted by Crippen LogP contribution is 2.23. The second kappa shape index (κ2) is 6.55. The number of carbonyl (C=O) groups excluding carboxylic acids is 2. The molecular formula is C17H24N4O3. The third-order valence-corrected chi connectivity index (χ3v) is 5.31. The van der Waals surface area contributed by atoms with Crippen LogP contribution in [-0.2, 0) is 27.4 Å². The molecule has 2 saturated heterocycles. The molecule has 4 rings (SSSR count). The van der Waals surface area contributed by atoms with Crippen molar-refractivity contribution >= 4 is 11.8 Å². The van der Waals surface area contributed by atoms with Gasteiger partial charge < -0.3 is 19.1 Å². The second-order valence-electron chi connectivity index (χ2n) is 7.08. The Hall–Kier alpha value is -1.89. The first-order valence-corrected chi connectivity index (χ1v) is 8.85. The van der Waals surface area contributed by atoms with Gasteiger partial charge in [-0.15, -0.1) is 0 Å². The number of imidazole rings is 1. The van der Waals surface area contributed by atoms with Crippen LogP contribution in [-0.4, -0.2) is 64.0 Å². The van der Waals surface area contributed by atoms with E-state index in [9.17, 15) is 9.59 Å². The van der Waals surface area contributed by atoms with E-state index in [4.69, 9.17) is 4.74 Å². The molecule has 2 fully saturated rings. The molecule has 0 aromatic carbocycles. The first kappa shape index (κ1) is 15.6. The van der Waals surface area contributed by atoms with Crippen molar-refractivity contribution in [2.75, 3.05) is 32.8 Å². The molecule has 0 aliphatic carbocycles. The summed E-state index contributed by atoms with van der Waals surface area (Å²) in [5.74, 6) is 1.56. The van der Waals surface area contributed by atoms with E-state index in [1.54, 1.807) is 6.20 Å². The predicted molar refractivity (Wildman–Crippen MR) is 85.9 cm³/mol. The smallest absolute Gasteiger partial charge is 0.228 e. The minimum Gasteiger partial charge on any atom is -0.381 e. The summed E-state index contributed by atoms with van der Waals surface area (Å²) in [6.07, 6.45) is 6.18. The maximum absolute atomic E-state index is 12.9. The van der Waals surface area contributed by atoms with Gasteiger partial charge in [0.1, 0.15) is 5.82 Å². The highest BCUT2D eigenvalue weighted by molar-refractivity contribution is 5.79. The van der Waals surface area contributed by atoms with Gasteiger partial charge in [-0.3, -0.25) is 9.59 Å². The summed E-state index contributed by atoms with van der Waals surface area (Å²) in [6.45, 7) is 4.81. The van der Waals surface area contributed by atoms with Crippen LogP contribution in [0, 0.1) is 11.8 Å². The SMILES string of the molecule is O=C1CCCN1C[C@H]1CN(C(=O)[C@H]2CCOC2)Cc2nccn2C1. The molecule has 0 bridgehead atoms. The van der Waals surface area contributed by atoms with E-state index in [1.165, 1.54) is 0 Å². The fourth-order valence-corrected chi connectivity index (χ4v) is 4.02. The summed E-state index contributed by atoms with van der Waals surface area (Å²) in [5, 5.41) is 0. The number of rotatable bonds is 3. The topological polar surface area (TPSA) is 67.7 Å². The van der Waals surface area contributed by atoms with Gasteiger partial charge in [0.2, 0.25) is 11.8 Å². The first-order valence-electron chi connectivity index (χ1n) is 8.85. The summed E-state index contributed by atoms with van der Waals surface area (Å²) >= 11 is 0. The predicted octanol–water partition coefficient (Wildman–Crippen LogP) is 0.500. The summed E-state index contributed by atoms with van der Waals surface area (Å²) in [7, 11) is 0. The van der Waals surface area contributed by atoms with Gasteiger partial charge in [-0.2, -0.15) is 0 Å². The molecule has 1 aromatic rings. The Morgan fingerprint density at radius 3 is 3.04 bits per heavy atom. The number of nitrogens with zero attached hydrogens (tertiary/aromatic N) is 4. The lowest BCUT2D eigenvalue weighted by Crippen LogP contribution is -2.41. The normalized spacial score (nSPS) is 27.4. The number of hydrogen-bond donors (Lipinski definition) is 0. The Kier molecular flexibility index (Phi) is 4.26. The van der Waals surface area contributed by atoms with E-state index < -0.39 is 0 Å². The molecule has 0 spiro atoms. The van der Waals surface area contributed by atoms with Gasteiger partial charge in [-0.05, 0) is 12.8 Å². The maximum atomic E-state index is 12.9. The molecule has 24 heavy (non-hydrogen) atoms. The van der Waals surface area contributed by atoms with Crippen molar-refractivity contribution < 1.29 is 14.3 Å². The van der Waals surface area contributed by atoms with Crippen LogP contribution in [0.25, 0.3) is 0 Å². The van der Waals surface area contributed by atoms with Crippen LogP contribution in [0.2, 0.25) is 0 Å². The number of carbonyl (C=O) groups is 2. The molecular weight excluding hydrogens is 308 g/mol. The molecule has 2 atom stereocenters. The zero-order valence-corrected chi connectivity index (χ0v) is 13.9. The molecule has 3 aliphatic heterocycles. The summed E-state index contributed by atoms with van der Waals surface area (Å²) in [5.41, 5.74) is 0. The molecule has 130 valence electrons. The van der Waals surface area contributed by atoms with E-state index in [-0.39, 0.29) is 23.7 Å². The lowest BCUT2D eigenvalue weighted by atomic mass is 10.0. The van der Waals surface area contributed by atoms with Gasteiger partial charge in [-0.25, -0.2) is 4.98 Å². The van der Waals surface area contributed by atoms with Gasteiger partial charge in [0.15, 0.2) is 0 Å². The Labute approximate surface area is 141 Å². The van der Waals surface area contributed by atoms with Crippen molar-refractivity contribution in [2.45, 2.75) is 32.4 Å². The molecule has 7 nitrogen and oxygen atoms in total. The standard InChI is InChI=1S/C17H24N4O3/c22-16-2-1-5-20(16)9-13-8-19-6-4-18-15(19)11-21(10-13)17(23)14-3-7-24-12-14/h4,6,13-14H,1-3,5,7-12H2/t13-,14-/m0/s1. The number of hydrogen-bond acceptors (Lipinski definition) is 4. The molecule has 0 radical (unpaired) electrons. The Bertz CT molecular complexity index is 623. The average Bonchev–Trinajstić information content (AvgIpc) is 3.29. The molecule has 4 heterocycles. The Morgan fingerprint density at radius 2 is 2.29 bits per heavy atom. The third kappa shape index (κ3) is 3.05. The fourth-order valence-electron chi connectivity index (χ4n) is 4.02. The van der Waals surface area contributed by atoms with Crippen LogP contribution in [0.4, 0.5) is 0 Å². The lowest BCUT2D eigenvalue weighted by molar-refractivity contribution is -0.136. The summed E-state index contributed by atoms with van der Waals surface area (Å²) in [4.78, 5) is 33.1. The molecule has 1 aromatic heterocycles. The van der Waals surface area contributed by atoms with Crippen LogP contribution in [0.15, 0.2) is 12.4 Å². The molecule has 0 N–H and O–H groups in total. The van der Waals surface area contributed by atoms with Crippen molar-refractivity contribution in [1.82, 2.24) is 19.4 Å². The maximum Gasteiger partial charge on any atom is 0.228 e. The second-order valence-corrected chi connectivity index (χ2v) is 7.08. The number of ether oxygens (including phenoxy) is 1. The van der Waals surface area contributed by atoms with E-state index in [2.05, 4.69) is 9.55 Å². The van der Waals surface area contributed by atoms with Crippen LogP contribution in [0.3, 0.4) is 0 Å². The molecule has 7 heteroatoms. The van der Waals surface area contributed by atoms with Gasteiger partial charge >= 0.3 is 0 Å². The number of likely N-dealkylation sites (tertiary alicyclic amines) is 1. The van der Waals surface area contributed by atoms with E-state index >= 15 is 0 Å². The lowest BCUT2D eigenvalue weighted by Gasteiger charge is -2.28.